The molecule has 1 saturated heterocycles. The smallest absolute Gasteiger partial charge is 0.317 e. The number of amides is 2. The Bertz CT molecular complexity index is 981. The van der Waals surface area contributed by atoms with Crippen molar-refractivity contribution in [2.75, 3.05) is 19.6 Å². The van der Waals surface area contributed by atoms with E-state index in [1.807, 2.05) is 23.2 Å². The summed E-state index contributed by atoms with van der Waals surface area (Å²) in [5.41, 5.74) is 3.98. The molecule has 0 unspecified atom stereocenters. The average Bonchev–Trinajstić information content (AvgIpc) is 2.77. The van der Waals surface area contributed by atoms with E-state index in [-0.39, 0.29) is 6.03 Å². The van der Waals surface area contributed by atoms with Gasteiger partial charge in [-0.05, 0) is 48.7 Å². The summed E-state index contributed by atoms with van der Waals surface area (Å²) in [6, 6.07) is 10.2. The van der Waals surface area contributed by atoms with Crippen LogP contribution < -0.4 is 5.32 Å². The monoisotopic (exact) mass is 373 g/mol. The first kappa shape index (κ1) is 18.1. The first-order chi connectivity index (χ1) is 13.7. The number of piperidine rings is 1. The minimum atomic E-state index is -0.0184. The van der Waals surface area contributed by atoms with Crippen LogP contribution in [0.4, 0.5) is 4.79 Å². The second-order valence-electron chi connectivity index (χ2n) is 6.98. The van der Waals surface area contributed by atoms with Gasteiger partial charge in [-0.25, -0.2) is 14.8 Å². The molecule has 3 aromatic rings. The van der Waals surface area contributed by atoms with Crippen molar-refractivity contribution in [1.29, 1.82) is 0 Å². The van der Waals surface area contributed by atoms with Gasteiger partial charge in [0.25, 0.3) is 0 Å². The van der Waals surface area contributed by atoms with E-state index in [0.29, 0.717) is 12.5 Å². The molecule has 1 N–H and O–H groups in total. The molecule has 4 heterocycles. The number of nitrogens with one attached hydrogen (secondary N) is 1. The zero-order valence-corrected chi connectivity index (χ0v) is 15.7. The minimum absolute atomic E-state index is 0.0184. The van der Waals surface area contributed by atoms with Gasteiger partial charge in [0.15, 0.2) is 5.65 Å². The van der Waals surface area contributed by atoms with Crippen LogP contribution in [0.25, 0.3) is 22.2 Å². The lowest BCUT2D eigenvalue weighted by Gasteiger charge is -2.31. The van der Waals surface area contributed by atoms with Crippen molar-refractivity contribution in [3.05, 3.63) is 67.3 Å². The van der Waals surface area contributed by atoms with Gasteiger partial charge in [-0.1, -0.05) is 6.08 Å². The first-order valence-corrected chi connectivity index (χ1v) is 9.55. The zero-order chi connectivity index (χ0) is 19.3. The molecule has 0 bridgehead atoms. The number of fused-ring (bicyclic) bond motifs is 1. The maximum atomic E-state index is 12.1. The number of rotatable bonds is 4. The van der Waals surface area contributed by atoms with Crippen molar-refractivity contribution in [3.8, 4) is 11.1 Å². The normalized spacial score (nSPS) is 14.8. The van der Waals surface area contributed by atoms with Gasteiger partial charge in [-0.3, -0.25) is 4.98 Å². The van der Waals surface area contributed by atoms with E-state index < -0.39 is 0 Å². The summed E-state index contributed by atoms with van der Waals surface area (Å²) in [5, 5.41) is 3.87. The topological polar surface area (TPSA) is 71.0 Å². The molecule has 1 aliphatic heterocycles. The Morgan fingerprint density at radius 2 is 1.96 bits per heavy atom. The molecule has 6 heteroatoms. The largest absolute Gasteiger partial charge is 0.335 e. The Balaban J connectivity index is 1.47. The van der Waals surface area contributed by atoms with E-state index in [1.54, 1.807) is 18.5 Å². The summed E-state index contributed by atoms with van der Waals surface area (Å²) in [4.78, 5) is 27.4. The molecule has 28 heavy (non-hydrogen) atoms. The van der Waals surface area contributed by atoms with Crippen molar-refractivity contribution in [1.82, 2.24) is 25.2 Å². The van der Waals surface area contributed by atoms with E-state index in [9.17, 15) is 4.79 Å². The Morgan fingerprint density at radius 3 is 2.71 bits per heavy atom. The number of urea groups is 1. The van der Waals surface area contributed by atoms with Gasteiger partial charge in [-0.2, -0.15) is 0 Å². The van der Waals surface area contributed by atoms with Crippen LogP contribution in [0.1, 0.15) is 24.5 Å². The van der Waals surface area contributed by atoms with Crippen LogP contribution >= 0.6 is 0 Å². The van der Waals surface area contributed by atoms with Gasteiger partial charge in [0.1, 0.15) is 0 Å². The molecule has 0 saturated carbocycles. The van der Waals surface area contributed by atoms with Gasteiger partial charge >= 0.3 is 6.03 Å². The molecule has 4 rings (SSSR count). The van der Waals surface area contributed by atoms with Crippen LogP contribution in [0, 0.1) is 0 Å². The molecule has 1 fully saturated rings. The predicted octanol–water partition coefficient (Wildman–Crippen LogP) is 3.77. The highest BCUT2D eigenvalue weighted by Gasteiger charge is 2.24. The third-order valence-corrected chi connectivity index (χ3v) is 5.18. The second kappa shape index (κ2) is 8.17. The number of carbonyl (C=O) groups excluding carboxylic acids is 1. The summed E-state index contributed by atoms with van der Waals surface area (Å²) < 4.78 is 0. The molecule has 0 aromatic carbocycles. The fourth-order valence-corrected chi connectivity index (χ4v) is 3.60. The van der Waals surface area contributed by atoms with E-state index in [1.165, 1.54) is 0 Å². The quantitative estimate of drug-likeness (QED) is 0.707. The summed E-state index contributed by atoms with van der Waals surface area (Å²) >= 11 is 0. The van der Waals surface area contributed by atoms with Crippen LogP contribution in [0.5, 0.6) is 0 Å². The Labute approximate surface area is 164 Å². The molecule has 1 aliphatic rings. The molecular weight excluding hydrogens is 350 g/mol. The summed E-state index contributed by atoms with van der Waals surface area (Å²) in [6.07, 6.45) is 8.94. The number of hydrogen-bond acceptors (Lipinski definition) is 4. The van der Waals surface area contributed by atoms with Gasteiger partial charge < -0.3 is 10.2 Å². The second-order valence-corrected chi connectivity index (χ2v) is 6.98. The lowest BCUT2D eigenvalue weighted by Crippen LogP contribution is -2.44. The molecule has 0 aliphatic carbocycles. The first-order valence-electron chi connectivity index (χ1n) is 9.55. The maximum Gasteiger partial charge on any atom is 0.317 e. The lowest BCUT2D eigenvalue weighted by atomic mass is 9.93. The van der Waals surface area contributed by atoms with Crippen molar-refractivity contribution in [2.45, 2.75) is 18.8 Å². The number of likely N-dealkylation sites (tertiary alicyclic amines) is 1. The van der Waals surface area contributed by atoms with Gasteiger partial charge in [-0.15, -0.1) is 6.58 Å². The number of pyridine rings is 3. The third-order valence-electron chi connectivity index (χ3n) is 5.18. The van der Waals surface area contributed by atoms with E-state index in [2.05, 4.69) is 40.1 Å². The highest BCUT2D eigenvalue weighted by molar-refractivity contribution is 5.80. The highest BCUT2D eigenvalue weighted by atomic mass is 16.2. The fraction of sp³-hybridized carbons (Fsp3) is 0.273. The fourth-order valence-electron chi connectivity index (χ4n) is 3.60. The van der Waals surface area contributed by atoms with Crippen molar-refractivity contribution in [2.24, 2.45) is 0 Å². The molecule has 0 radical (unpaired) electrons. The van der Waals surface area contributed by atoms with Crippen LogP contribution in [0.3, 0.4) is 0 Å². The standard InChI is InChI=1S/C22H23N5O/c1-2-9-24-22(28)27-12-7-17(8-13-27)20-4-3-18-14-19(15-25-21(18)26-20)16-5-10-23-11-6-16/h2-6,10-11,14-15,17H,1,7-9,12-13H2,(H,24,28). The summed E-state index contributed by atoms with van der Waals surface area (Å²) in [6.45, 7) is 5.60. The number of carbonyl (C=O) groups is 1. The Hall–Kier alpha value is -3.28. The number of aromatic nitrogens is 3. The molecule has 3 aromatic heterocycles. The molecule has 142 valence electrons. The van der Waals surface area contributed by atoms with Gasteiger partial charge in [0, 0.05) is 60.8 Å². The molecule has 0 spiro atoms. The van der Waals surface area contributed by atoms with Gasteiger partial charge in [0.2, 0.25) is 0 Å². The number of nitrogens with zero attached hydrogens (tertiary/aromatic N) is 4. The minimum Gasteiger partial charge on any atom is -0.335 e. The maximum absolute atomic E-state index is 12.1. The summed E-state index contributed by atoms with van der Waals surface area (Å²) in [5.74, 6) is 0.356. The van der Waals surface area contributed by atoms with Gasteiger partial charge in [0.05, 0.1) is 0 Å². The molecular formula is C22H23N5O. The third kappa shape index (κ3) is 3.86. The predicted molar refractivity (Wildman–Crippen MR) is 110 cm³/mol. The zero-order valence-electron chi connectivity index (χ0n) is 15.7. The van der Waals surface area contributed by atoms with Crippen molar-refractivity contribution < 1.29 is 4.79 Å². The van der Waals surface area contributed by atoms with E-state index >= 15 is 0 Å². The highest BCUT2D eigenvalue weighted by Crippen LogP contribution is 2.29. The van der Waals surface area contributed by atoms with Crippen LogP contribution in [-0.2, 0) is 0 Å². The molecule has 6 nitrogen and oxygen atoms in total. The van der Waals surface area contributed by atoms with E-state index in [0.717, 1.165) is 53.8 Å². The van der Waals surface area contributed by atoms with E-state index in [4.69, 9.17) is 4.98 Å². The number of hydrogen-bond donors (Lipinski definition) is 1. The van der Waals surface area contributed by atoms with Crippen LogP contribution in [-0.4, -0.2) is 45.5 Å². The lowest BCUT2D eigenvalue weighted by molar-refractivity contribution is 0.182. The Kier molecular flexibility index (Phi) is 5.28. The van der Waals surface area contributed by atoms with Crippen LogP contribution in [0.2, 0.25) is 0 Å². The van der Waals surface area contributed by atoms with Crippen LogP contribution in [0.15, 0.2) is 61.6 Å². The van der Waals surface area contributed by atoms with Crippen molar-refractivity contribution in [3.63, 3.8) is 0 Å². The Morgan fingerprint density at radius 1 is 1.18 bits per heavy atom. The SMILES string of the molecule is C=CCNC(=O)N1CCC(c2ccc3cc(-c4ccncc4)cnc3n2)CC1. The average molecular weight is 373 g/mol. The molecule has 0 atom stereocenters. The van der Waals surface area contributed by atoms with Crippen molar-refractivity contribution >= 4 is 17.1 Å². The molecule has 2 amide bonds. The summed E-state index contributed by atoms with van der Waals surface area (Å²) in [7, 11) is 0.